The van der Waals surface area contributed by atoms with E-state index in [0.717, 1.165) is 11.1 Å². The number of hydrogen-bond donors (Lipinski definition) is 3. The molecule has 0 aliphatic heterocycles. The molecule has 1 aliphatic rings. The highest BCUT2D eigenvalue weighted by Crippen LogP contribution is 2.54. The van der Waals surface area contributed by atoms with Crippen molar-refractivity contribution in [3.8, 4) is 0 Å². The van der Waals surface area contributed by atoms with Gasteiger partial charge in [-0.3, -0.25) is 0 Å². The number of rotatable bonds is 4. The molecule has 122 valence electrons. The number of aliphatic hydroxyl groups is 3. The van der Waals surface area contributed by atoms with Gasteiger partial charge in [0.25, 0.3) is 0 Å². The highest BCUT2D eigenvalue weighted by molar-refractivity contribution is 5.31. The maximum Gasteiger partial charge on any atom is 0.0552 e. The molecule has 0 amide bonds. The van der Waals surface area contributed by atoms with Gasteiger partial charge in [-0.15, -0.1) is 0 Å². The standard InChI is InChI=1S/C20H24O3/c21-13-20(14-22)18(15-7-3-1-4-8-15)11-17(23)12-19(20)16-9-5-2-6-10-16/h1-10,17-19,21-23H,11-14H2. The summed E-state index contributed by atoms with van der Waals surface area (Å²) in [5.74, 6) is -0.152. The third-order valence-electron chi connectivity index (χ3n) is 5.40. The molecule has 0 saturated heterocycles. The molecule has 0 radical (unpaired) electrons. The van der Waals surface area contributed by atoms with Crippen molar-refractivity contribution in [3.63, 3.8) is 0 Å². The van der Waals surface area contributed by atoms with Gasteiger partial charge in [0.2, 0.25) is 0 Å². The van der Waals surface area contributed by atoms with Gasteiger partial charge in [-0.1, -0.05) is 60.7 Å². The van der Waals surface area contributed by atoms with Gasteiger partial charge in [0.1, 0.15) is 0 Å². The molecule has 3 heteroatoms. The van der Waals surface area contributed by atoms with Gasteiger partial charge in [0, 0.05) is 5.41 Å². The van der Waals surface area contributed by atoms with Crippen LogP contribution in [-0.2, 0) is 0 Å². The second kappa shape index (κ2) is 6.83. The zero-order chi connectivity index (χ0) is 16.3. The first-order valence-corrected chi connectivity index (χ1v) is 8.21. The van der Waals surface area contributed by atoms with Gasteiger partial charge in [0.05, 0.1) is 19.3 Å². The number of benzene rings is 2. The normalized spacial score (nSPS) is 26.8. The van der Waals surface area contributed by atoms with Crippen molar-refractivity contribution in [1.29, 1.82) is 0 Å². The first-order chi connectivity index (χ1) is 11.2. The fraction of sp³-hybridized carbons (Fsp3) is 0.400. The maximum absolute atomic E-state index is 10.4. The summed E-state index contributed by atoms with van der Waals surface area (Å²) in [4.78, 5) is 0. The van der Waals surface area contributed by atoms with Crippen LogP contribution < -0.4 is 0 Å². The molecule has 0 bridgehead atoms. The molecule has 2 aromatic rings. The molecule has 0 aromatic heterocycles. The largest absolute Gasteiger partial charge is 0.396 e. The average Bonchev–Trinajstić information content (AvgIpc) is 2.63. The maximum atomic E-state index is 10.4. The summed E-state index contributed by atoms with van der Waals surface area (Å²) in [5.41, 5.74) is 1.47. The molecule has 3 N–H and O–H groups in total. The van der Waals surface area contributed by atoms with Crippen LogP contribution >= 0.6 is 0 Å². The smallest absolute Gasteiger partial charge is 0.0552 e. The molecule has 23 heavy (non-hydrogen) atoms. The van der Waals surface area contributed by atoms with Crippen molar-refractivity contribution < 1.29 is 15.3 Å². The summed E-state index contributed by atoms with van der Waals surface area (Å²) in [5, 5.41) is 30.9. The number of aliphatic hydroxyl groups excluding tert-OH is 3. The van der Waals surface area contributed by atoms with Crippen molar-refractivity contribution in [2.75, 3.05) is 13.2 Å². The van der Waals surface area contributed by atoms with E-state index in [1.165, 1.54) is 0 Å². The molecule has 2 aromatic carbocycles. The summed E-state index contributed by atoms with van der Waals surface area (Å²) >= 11 is 0. The van der Waals surface area contributed by atoms with Gasteiger partial charge in [-0.2, -0.15) is 0 Å². The van der Waals surface area contributed by atoms with Crippen LogP contribution in [-0.4, -0.2) is 34.6 Å². The van der Waals surface area contributed by atoms with Crippen molar-refractivity contribution >= 4 is 0 Å². The van der Waals surface area contributed by atoms with Crippen LogP contribution in [0.25, 0.3) is 0 Å². The molecule has 0 heterocycles. The van der Waals surface area contributed by atoms with Crippen molar-refractivity contribution in [2.45, 2.75) is 30.8 Å². The Balaban J connectivity index is 2.08. The van der Waals surface area contributed by atoms with E-state index in [0.29, 0.717) is 12.8 Å². The highest BCUT2D eigenvalue weighted by atomic mass is 16.3. The molecular formula is C20H24O3. The lowest BCUT2D eigenvalue weighted by Gasteiger charge is -2.49. The van der Waals surface area contributed by atoms with Crippen molar-refractivity contribution in [1.82, 2.24) is 0 Å². The van der Waals surface area contributed by atoms with Gasteiger partial charge in [-0.05, 0) is 35.8 Å². The second-order valence-corrected chi connectivity index (χ2v) is 6.60. The summed E-state index contributed by atoms with van der Waals surface area (Å²) in [6.07, 6.45) is 0.694. The summed E-state index contributed by atoms with van der Waals surface area (Å²) in [6, 6.07) is 19.8. The Kier molecular flexibility index (Phi) is 4.81. The van der Waals surface area contributed by atoms with Crippen LogP contribution in [0.5, 0.6) is 0 Å². The number of hydrogen-bond acceptors (Lipinski definition) is 3. The molecule has 2 unspecified atom stereocenters. The minimum absolute atomic E-state index is 0.0762. The Labute approximate surface area is 137 Å². The van der Waals surface area contributed by atoms with E-state index < -0.39 is 11.5 Å². The lowest BCUT2D eigenvalue weighted by Crippen LogP contribution is -2.48. The molecule has 3 rings (SSSR count). The molecule has 1 saturated carbocycles. The van der Waals surface area contributed by atoms with E-state index in [1.807, 2.05) is 60.7 Å². The van der Waals surface area contributed by atoms with Crippen LogP contribution in [0, 0.1) is 5.41 Å². The van der Waals surface area contributed by atoms with Gasteiger partial charge in [0.15, 0.2) is 0 Å². The molecule has 1 aliphatic carbocycles. The van der Waals surface area contributed by atoms with Gasteiger partial charge in [-0.25, -0.2) is 0 Å². The van der Waals surface area contributed by atoms with E-state index in [1.54, 1.807) is 0 Å². The van der Waals surface area contributed by atoms with E-state index in [-0.39, 0.29) is 25.0 Å². The van der Waals surface area contributed by atoms with Crippen LogP contribution in [0.15, 0.2) is 60.7 Å². The van der Waals surface area contributed by atoms with Crippen LogP contribution in [0.4, 0.5) is 0 Å². The third kappa shape index (κ3) is 2.92. The monoisotopic (exact) mass is 312 g/mol. The minimum atomic E-state index is -0.665. The molecular weight excluding hydrogens is 288 g/mol. The quantitative estimate of drug-likeness (QED) is 0.813. The zero-order valence-electron chi connectivity index (χ0n) is 13.2. The second-order valence-electron chi connectivity index (χ2n) is 6.60. The molecule has 0 spiro atoms. The first-order valence-electron chi connectivity index (χ1n) is 8.21. The first kappa shape index (κ1) is 16.2. The summed E-state index contributed by atoms with van der Waals surface area (Å²) in [6.45, 7) is -0.204. The lowest BCUT2D eigenvalue weighted by molar-refractivity contribution is -0.0492. The van der Waals surface area contributed by atoms with E-state index in [9.17, 15) is 15.3 Å². The predicted molar refractivity (Wildman–Crippen MR) is 90.2 cm³/mol. The SMILES string of the molecule is OCC1(CO)C(c2ccccc2)CC(O)CC1c1ccccc1. The Morgan fingerprint density at radius 3 is 1.48 bits per heavy atom. The van der Waals surface area contributed by atoms with Crippen molar-refractivity contribution in [2.24, 2.45) is 5.41 Å². The Bertz CT molecular complexity index is 556. The van der Waals surface area contributed by atoms with Crippen LogP contribution in [0.1, 0.15) is 35.8 Å². The van der Waals surface area contributed by atoms with Gasteiger partial charge >= 0.3 is 0 Å². The molecule has 1 fully saturated rings. The highest BCUT2D eigenvalue weighted by Gasteiger charge is 2.50. The minimum Gasteiger partial charge on any atom is -0.396 e. The average molecular weight is 312 g/mol. The molecule has 2 atom stereocenters. The van der Waals surface area contributed by atoms with E-state index in [4.69, 9.17) is 0 Å². The van der Waals surface area contributed by atoms with Crippen LogP contribution in [0.2, 0.25) is 0 Å². The Morgan fingerprint density at radius 1 is 0.739 bits per heavy atom. The summed E-state index contributed by atoms with van der Waals surface area (Å²) < 4.78 is 0. The molecule has 3 nitrogen and oxygen atoms in total. The van der Waals surface area contributed by atoms with Crippen LogP contribution in [0.3, 0.4) is 0 Å². The fourth-order valence-electron chi connectivity index (χ4n) is 4.15. The summed E-state index contributed by atoms with van der Waals surface area (Å²) in [7, 11) is 0. The topological polar surface area (TPSA) is 60.7 Å². The van der Waals surface area contributed by atoms with Gasteiger partial charge < -0.3 is 15.3 Å². The van der Waals surface area contributed by atoms with Crippen molar-refractivity contribution in [3.05, 3.63) is 71.8 Å². The fourth-order valence-corrected chi connectivity index (χ4v) is 4.15. The van der Waals surface area contributed by atoms with E-state index in [2.05, 4.69) is 0 Å². The Hall–Kier alpha value is -1.68. The van der Waals surface area contributed by atoms with E-state index >= 15 is 0 Å². The predicted octanol–water partition coefficient (Wildman–Crippen LogP) is 2.68. The zero-order valence-corrected chi connectivity index (χ0v) is 13.2. The Morgan fingerprint density at radius 2 is 1.13 bits per heavy atom. The third-order valence-corrected chi connectivity index (χ3v) is 5.40. The lowest BCUT2D eigenvalue weighted by atomic mass is 9.56.